The number of hydrogen-bond donors (Lipinski definition) is 0. The van der Waals surface area contributed by atoms with E-state index in [1.54, 1.807) is 0 Å². The zero-order chi connectivity index (χ0) is 17.5. The number of hydrogen-bond acceptors (Lipinski definition) is 5. The summed E-state index contributed by atoms with van der Waals surface area (Å²) >= 11 is 1.14. The third-order valence-electron chi connectivity index (χ3n) is 3.44. The minimum Gasteiger partial charge on any atom is -0.263 e. The van der Waals surface area contributed by atoms with E-state index >= 15 is 0 Å². The van der Waals surface area contributed by atoms with Gasteiger partial charge >= 0.3 is 6.18 Å². The topological polar surface area (TPSA) is 59.9 Å². The molecule has 126 valence electrons. The number of fused-ring (bicyclic) bond motifs is 1. The van der Waals surface area contributed by atoms with Crippen molar-refractivity contribution in [1.82, 2.24) is 9.97 Å². The van der Waals surface area contributed by atoms with Crippen LogP contribution >= 0.6 is 11.3 Å². The standard InChI is InChI=1S/C15H11F3N2O2S2/c1-2-24(21,22)13-8-19-6-5-10(13)14-20-11-7-9(15(16,17)18)3-4-12(11)23-14/h3-8H,2H2,1H3. The largest absolute Gasteiger partial charge is 0.416 e. The molecule has 0 unspecified atom stereocenters. The van der Waals surface area contributed by atoms with Crippen molar-refractivity contribution < 1.29 is 21.6 Å². The van der Waals surface area contributed by atoms with Crippen LogP contribution in [0.5, 0.6) is 0 Å². The molecule has 9 heteroatoms. The summed E-state index contributed by atoms with van der Waals surface area (Å²) in [6.07, 6.45) is -1.79. The Labute approximate surface area is 139 Å². The predicted molar refractivity (Wildman–Crippen MR) is 85.6 cm³/mol. The van der Waals surface area contributed by atoms with Crippen LogP contribution < -0.4 is 0 Å². The van der Waals surface area contributed by atoms with Gasteiger partial charge in [-0.25, -0.2) is 13.4 Å². The molecule has 0 aliphatic rings. The van der Waals surface area contributed by atoms with Crippen LogP contribution in [0.3, 0.4) is 0 Å². The number of halogens is 3. The van der Waals surface area contributed by atoms with Crippen molar-refractivity contribution in [3.63, 3.8) is 0 Å². The van der Waals surface area contributed by atoms with E-state index in [4.69, 9.17) is 0 Å². The first-order chi connectivity index (χ1) is 11.2. The lowest BCUT2D eigenvalue weighted by Gasteiger charge is -2.05. The molecule has 1 aromatic carbocycles. The maximum Gasteiger partial charge on any atom is 0.416 e. The van der Waals surface area contributed by atoms with Crippen LogP contribution in [0.15, 0.2) is 41.6 Å². The summed E-state index contributed by atoms with van der Waals surface area (Å²) in [6, 6.07) is 4.80. The number of thiazole rings is 1. The van der Waals surface area contributed by atoms with E-state index in [1.165, 1.54) is 31.5 Å². The molecule has 0 saturated heterocycles. The van der Waals surface area contributed by atoms with E-state index in [0.29, 0.717) is 15.3 Å². The fourth-order valence-corrected chi connectivity index (χ4v) is 4.26. The van der Waals surface area contributed by atoms with Crippen molar-refractivity contribution in [3.8, 4) is 10.6 Å². The molecule has 24 heavy (non-hydrogen) atoms. The molecule has 2 heterocycles. The van der Waals surface area contributed by atoms with Crippen molar-refractivity contribution in [1.29, 1.82) is 0 Å². The molecular formula is C15H11F3N2O2S2. The maximum atomic E-state index is 12.8. The molecule has 0 aliphatic heterocycles. The van der Waals surface area contributed by atoms with Gasteiger partial charge in [0.2, 0.25) is 0 Å². The van der Waals surface area contributed by atoms with Gasteiger partial charge in [-0.2, -0.15) is 13.2 Å². The predicted octanol–water partition coefficient (Wildman–Crippen LogP) is 4.17. The zero-order valence-electron chi connectivity index (χ0n) is 12.3. The van der Waals surface area contributed by atoms with Crippen molar-refractivity contribution in [3.05, 3.63) is 42.2 Å². The van der Waals surface area contributed by atoms with Gasteiger partial charge in [0.1, 0.15) is 5.01 Å². The van der Waals surface area contributed by atoms with Gasteiger partial charge in [-0.15, -0.1) is 11.3 Å². The van der Waals surface area contributed by atoms with Crippen LogP contribution in [0.25, 0.3) is 20.8 Å². The SMILES string of the molecule is CCS(=O)(=O)c1cnccc1-c1nc2cc(C(F)(F)F)ccc2s1. The fourth-order valence-electron chi connectivity index (χ4n) is 2.18. The van der Waals surface area contributed by atoms with E-state index in [1.807, 2.05) is 0 Å². The summed E-state index contributed by atoms with van der Waals surface area (Å²) in [5.74, 6) is -0.102. The van der Waals surface area contributed by atoms with Crippen LogP contribution in [0.1, 0.15) is 12.5 Å². The Bertz CT molecular complexity index is 1010. The summed E-state index contributed by atoms with van der Waals surface area (Å²) in [5.41, 5.74) is -0.258. The van der Waals surface area contributed by atoms with E-state index in [9.17, 15) is 21.6 Å². The number of rotatable bonds is 3. The highest BCUT2D eigenvalue weighted by atomic mass is 32.2. The van der Waals surface area contributed by atoms with E-state index in [2.05, 4.69) is 9.97 Å². The minimum atomic E-state index is -4.45. The van der Waals surface area contributed by atoms with Gasteiger partial charge in [0.05, 0.1) is 26.4 Å². The molecule has 2 aromatic heterocycles. The molecule has 0 bridgehead atoms. The van der Waals surface area contributed by atoms with Crippen molar-refractivity contribution >= 4 is 31.4 Å². The van der Waals surface area contributed by atoms with Gasteiger partial charge in [-0.3, -0.25) is 4.98 Å². The molecule has 0 radical (unpaired) electrons. The highest BCUT2D eigenvalue weighted by molar-refractivity contribution is 7.91. The average Bonchev–Trinajstić information content (AvgIpc) is 2.97. The molecule has 0 fully saturated rings. The van der Waals surface area contributed by atoms with Crippen LogP contribution in [0.2, 0.25) is 0 Å². The van der Waals surface area contributed by atoms with E-state index in [0.717, 1.165) is 23.5 Å². The van der Waals surface area contributed by atoms with Crippen molar-refractivity contribution in [2.24, 2.45) is 0 Å². The molecule has 0 N–H and O–H groups in total. The van der Waals surface area contributed by atoms with E-state index < -0.39 is 21.6 Å². The first-order valence-corrected chi connectivity index (χ1v) is 9.34. The first kappa shape index (κ1) is 16.8. The van der Waals surface area contributed by atoms with Gasteiger partial charge < -0.3 is 0 Å². The molecule has 0 spiro atoms. The summed E-state index contributed by atoms with van der Waals surface area (Å²) in [5, 5.41) is 0.346. The first-order valence-electron chi connectivity index (χ1n) is 6.87. The highest BCUT2D eigenvalue weighted by Gasteiger charge is 2.31. The Balaban J connectivity index is 2.18. The fraction of sp³-hybridized carbons (Fsp3) is 0.200. The van der Waals surface area contributed by atoms with E-state index in [-0.39, 0.29) is 16.2 Å². The lowest BCUT2D eigenvalue weighted by Crippen LogP contribution is -2.06. The Morgan fingerprint density at radius 2 is 1.96 bits per heavy atom. The lowest BCUT2D eigenvalue weighted by molar-refractivity contribution is -0.137. The molecule has 3 aromatic rings. The normalized spacial score (nSPS) is 12.7. The molecular weight excluding hydrogens is 361 g/mol. The van der Waals surface area contributed by atoms with Crippen molar-refractivity contribution in [2.75, 3.05) is 5.75 Å². The van der Waals surface area contributed by atoms with Gasteiger partial charge in [0.15, 0.2) is 9.84 Å². The average molecular weight is 372 g/mol. The van der Waals surface area contributed by atoms with Crippen LogP contribution in [0.4, 0.5) is 13.2 Å². The maximum absolute atomic E-state index is 12.8. The molecule has 0 aliphatic carbocycles. The van der Waals surface area contributed by atoms with Gasteiger partial charge in [0, 0.05) is 18.0 Å². The number of pyridine rings is 1. The molecule has 0 atom stereocenters. The number of nitrogens with zero attached hydrogens (tertiary/aromatic N) is 2. The Morgan fingerprint density at radius 1 is 1.21 bits per heavy atom. The Morgan fingerprint density at radius 3 is 2.62 bits per heavy atom. The number of benzene rings is 1. The van der Waals surface area contributed by atoms with Crippen LogP contribution in [-0.4, -0.2) is 24.1 Å². The smallest absolute Gasteiger partial charge is 0.263 e. The summed E-state index contributed by atoms with van der Waals surface area (Å²) in [4.78, 5) is 8.06. The lowest BCUT2D eigenvalue weighted by atomic mass is 10.2. The Kier molecular flexibility index (Phi) is 4.08. The third-order valence-corrected chi connectivity index (χ3v) is 6.27. The minimum absolute atomic E-state index is 0.0302. The molecule has 4 nitrogen and oxygen atoms in total. The molecule has 0 saturated carbocycles. The quantitative estimate of drug-likeness (QED) is 0.692. The molecule has 0 amide bonds. The number of sulfone groups is 1. The van der Waals surface area contributed by atoms with Gasteiger partial charge in [-0.05, 0) is 24.3 Å². The third kappa shape index (κ3) is 3.01. The number of aromatic nitrogens is 2. The van der Waals surface area contributed by atoms with Crippen molar-refractivity contribution in [2.45, 2.75) is 18.0 Å². The summed E-state index contributed by atoms with van der Waals surface area (Å²) in [7, 11) is -3.52. The second kappa shape index (κ2) is 5.82. The van der Waals surface area contributed by atoms with Crippen LogP contribution in [0, 0.1) is 0 Å². The van der Waals surface area contributed by atoms with Gasteiger partial charge in [-0.1, -0.05) is 6.92 Å². The Hall–Kier alpha value is -2.00. The zero-order valence-corrected chi connectivity index (χ0v) is 14.0. The molecule has 3 rings (SSSR count). The highest BCUT2D eigenvalue weighted by Crippen LogP contribution is 2.37. The van der Waals surface area contributed by atoms with Crippen LogP contribution in [-0.2, 0) is 16.0 Å². The summed E-state index contributed by atoms with van der Waals surface area (Å²) in [6.45, 7) is 1.51. The monoisotopic (exact) mass is 372 g/mol. The number of alkyl halides is 3. The van der Waals surface area contributed by atoms with Gasteiger partial charge in [0.25, 0.3) is 0 Å². The second-order valence-electron chi connectivity index (χ2n) is 4.97. The second-order valence-corrected chi connectivity index (χ2v) is 8.25. The summed E-state index contributed by atoms with van der Waals surface area (Å²) < 4.78 is 63.3.